The lowest BCUT2D eigenvalue weighted by molar-refractivity contribution is -0.139. The van der Waals surface area contributed by atoms with Crippen LogP contribution in [0.2, 0.25) is 0 Å². The number of aryl methyl sites for hydroxylation is 1. The van der Waals surface area contributed by atoms with Crippen LogP contribution < -0.4 is 10.6 Å². The van der Waals surface area contributed by atoms with E-state index in [2.05, 4.69) is 31.8 Å². The molecule has 1 aliphatic rings. The molecule has 0 unspecified atom stereocenters. The number of hydrogen-bond donors (Lipinski definition) is 2. The predicted octanol–water partition coefficient (Wildman–Crippen LogP) is 2.49. The van der Waals surface area contributed by atoms with Crippen molar-refractivity contribution in [2.45, 2.75) is 64.3 Å². The molecule has 7 nitrogen and oxygen atoms in total. The van der Waals surface area contributed by atoms with Gasteiger partial charge in [0.15, 0.2) is 0 Å². The summed E-state index contributed by atoms with van der Waals surface area (Å²) in [6.07, 6.45) is 11.6. The summed E-state index contributed by atoms with van der Waals surface area (Å²) in [4.78, 5) is 27.2. The third-order valence-corrected chi connectivity index (χ3v) is 4.75. The van der Waals surface area contributed by atoms with Crippen LogP contribution in [-0.4, -0.2) is 41.8 Å². The van der Waals surface area contributed by atoms with Gasteiger partial charge in [0.25, 0.3) is 0 Å². The maximum atomic E-state index is 11.7. The zero-order valence-electron chi connectivity index (χ0n) is 15.3. The molecule has 0 aromatic carbocycles. The van der Waals surface area contributed by atoms with Gasteiger partial charge in [-0.2, -0.15) is 0 Å². The van der Waals surface area contributed by atoms with Crippen LogP contribution in [0.4, 0.5) is 4.79 Å². The average Bonchev–Trinajstić information content (AvgIpc) is 2.93. The van der Waals surface area contributed by atoms with E-state index in [4.69, 9.17) is 0 Å². The van der Waals surface area contributed by atoms with Crippen molar-refractivity contribution >= 4 is 12.0 Å². The van der Waals surface area contributed by atoms with Gasteiger partial charge < -0.3 is 19.9 Å². The molecule has 1 fully saturated rings. The molecule has 0 bridgehead atoms. The highest BCUT2D eigenvalue weighted by Crippen LogP contribution is 2.28. The predicted molar refractivity (Wildman–Crippen MR) is 95.4 cm³/mol. The van der Waals surface area contributed by atoms with E-state index in [1.54, 1.807) is 0 Å². The largest absolute Gasteiger partial charge is 0.468 e. The fourth-order valence-electron chi connectivity index (χ4n) is 3.45. The second-order valence-corrected chi connectivity index (χ2v) is 6.62. The Kier molecular flexibility index (Phi) is 7.76. The summed E-state index contributed by atoms with van der Waals surface area (Å²) in [6.45, 7) is 2.46. The Morgan fingerprint density at radius 3 is 2.56 bits per heavy atom. The molecule has 1 saturated carbocycles. The van der Waals surface area contributed by atoms with Crippen LogP contribution in [0, 0.1) is 6.92 Å². The second kappa shape index (κ2) is 10.1. The number of amides is 2. The molecule has 25 heavy (non-hydrogen) atoms. The van der Waals surface area contributed by atoms with E-state index in [-0.39, 0.29) is 12.6 Å². The number of ether oxygens (including phenoxy) is 1. The lowest BCUT2D eigenvalue weighted by Gasteiger charge is -2.24. The first-order valence-electron chi connectivity index (χ1n) is 9.23. The Bertz CT molecular complexity index is 563. The smallest absolute Gasteiger partial charge is 0.325 e. The number of urea groups is 1. The van der Waals surface area contributed by atoms with Crippen molar-refractivity contribution < 1.29 is 14.3 Å². The van der Waals surface area contributed by atoms with Gasteiger partial charge in [0.1, 0.15) is 12.4 Å². The first kappa shape index (κ1) is 19.3. The SMILES string of the molecule is COC(=O)CNC(=O)NCCc1ncc(C)n1C1CCCCCCC1. The van der Waals surface area contributed by atoms with Gasteiger partial charge in [0.05, 0.1) is 7.11 Å². The quantitative estimate of drug-likeness (QED) is 0.772. The van der Waals surface area contributed by atoms with E-state index in [1.807, 2.05) is 6.20 Å². The molecular weight excluding hydrogens is 320 g/mol. The maximum Gasteiger partial charge on any atom is 0.325 e. The lowest BCUT2D eigenvalue weighted by atomic mass is 9.96. The first-order chi connectivity index (χ1) is 12.1. The molecule has 0 saturated heterocycles. The summed E-state index contributed by atoms with van der Waals surface area (Å²) >= 11 is 0. The Balaban J connectivity index is 1.86. The Morgan fingerprint density at radius 1 is 1.20 bits per heavy atom. The van der Waals surface area contributed by atoms with Gasteiger partial charge in [0.2, 0.25) is 0 Å². The van der Waals surface area contributed by atoms with E-state index in [1.165, 1.54) is 57.7 Å². The third kappa shape index (κ3) is 6.07. The minimum absolute atomic E-state index is 0.127. The van der Waals surface area contributed by atoms with Crippen LogP contribution in [0.3, 0.4) is 0 Å². The van der Waals surface area contributed by atoms with E-state index in [0.717, 1.165) is 5.82 Å². The fraction of sp³-hybridized carbons (Fsp3) is 0.722. The van der Waals surface area contributed by atoms with Gasteiger partial charge >= 0.3 is 12.0 Å². The minimum atomic E-state index is -0.467. The van der Waals surface area contributed by atoms with Crippen molar-refractivity contribution in [3.63, 3.8) is 0 Å². The number of nitrogens with zero attached hydrogens (tertiary/aromatic N) is 2. The molecule has 2 amide bonds. The van der Waals surface area contributed by atoms with Crippen molar-refractivity contribution in [1.82, 2.24) is 20.2 Å². The number of hydrogen-bond acceptors (Lipinski definition) is 4. The molecule has 1 aliphatic carbocycles. The first-order valence-corrected chi connectivity index (χ1v) is 9.23. The molecule has 1 aromatic rings. The molecule has 0 radical (unpaired) electrons. The van der Waals surface area contributed by atoms with Crippen LogP contribution in [0.15, 0.2) is 6.20 Å². The number of carbonyl (C=O) groups is 2. The monoisotopic (exact) mass is 350 g/mol. The van der Waals surface area contributed by atoms with Gasteiger partial charge in [-0.05, 0) is 19.8 Å². The zero-order chi connectivity index (χ0) is 18.1. The molecule has 1 heterocycles. The normalized spacial score (nSPS) is 15.9. The van der Waals surface area contributed by atoms with Crippen LogP contribution in [0.25, 0.3) is 0 Å². The molecule has 0 atom stereocenters. The molecule has 0 spiro atoms. The molecule has 7 heteroatoms. The number of methoxy groups -OCH3 is 1. The van der Waals surface area contributed by atoms with Gasteiger partial charge in [-0.3, -0.25) is 4.79 Å². The van der Waals surface area contributed by atoms with Gasteiger partial charge in [0, 0.05) is 30.9 Å². The van der Waals surface area contributed by atoms with Crippen molar-refractivity contribution in [3.05, 3.63) is 17.7 Å². The number of nitrogens with one attached hydrogen (secondary N) is 2. The Hall–Kier alpha value is -2.05. The summed E-state index contributed by atoms with van der Waals surface area (Å²) in [6, 6.07) is 0.150. The summed E-state index contributed by atoms with van der Waals surface area (Å²) in [7, 11) is 1.29. The van der Waals surface area contributed by atoms with Crippen LogP contribution >= 0.6 is 0 Å². The van der Waals surface area contributed by atoms with Crippen molar-refractivity contribution in [2.75, 3.05) is 20.2 Å². The number of rotatable bonds is 6. The van der Waals surface area contributed by atoms with Crippen LogP contribution in [0.5, 0.6) is 0 Å². The average molecular weight is 350 g/mol. The molecule has 2 N–H and O–H groups in total. The van der Waals surface area contributed by atoms with Crippen LogP contribution in [-0.2, 0) is 16.0 Å². The lowest BCUT2D eigenvalue weighted by Crippen LogP contribution is -2.39. The van der Waals surface area contributed by atoms with Gasteiger partial charge in [-0.25, -0.2) is 9.78 Å². The fourth-order valence-corrected chi connectivity index (χ4v) is 3.45. The minimum Gasteiger partial charge on any atom is -0.468 e. The van der Waals surface area contributed by atoms with Crippen LogP contribution in [0.1, 0.15) is 62.5 Å². The Morgan fingerprint density at radius 2 is 1.88 bits per heavy atom. The summed E-state index contributed by atoms with van der Waals surface area (Å²) in [5.74, 6) is 0.557. The van der Waals surface area contributed by atoms with E-state index in [0.29, 0.717) is 19.0 Å². The Labute approximate surface area is 149 Å². The molecule has 140 valence electrons. The van der Waals surface area contributed by atoms with E-state index in [9.17, 15) is 9.59 Å². The zero-order valence-corrected chi connectivity index (χ0v) is 15.3. The molecule has 2 rings (SSSR count). The number of esters is 1. The van der Waals surface area contributed by atoms with Crippen molar-refractivity contribution in [1.29, 1.82) is 0 Å². The highest BCUT2D eigenvalue weighted by Gasteiger charge is 2.18. The topological polar surface area (TPSA) is 85.2 Å². The van der Waals surface area contributed by atoms with Gasteiger partial charge in [-0.15, -0.1) is 0 Å². The number of carbonyl (C=O) groups excluding carboxylic acids is 2. The summed E-state index contributed by atoms with van der Waals surface area (Å²) in [5, 5.41) is 5.23. The highest BCUT2D eigenvalue weighted by molar-refractivity contribution is 5.80. The van der Waals surface area contributed by atoms with E-state index < -0.39 is 5.97 Å². The molecule has 0 aliphatic heterocycles. The summed E-state index contributed by atoms with van der Waals surface area (Å²) < 4.78 is 6.84. The maximum absolute atomic E-state index is 11.7. The molecular formula is C18H30N4O3. The van der Waals surface area contributed by atoms with Crippen molar-refractivity contribution in [3.8, 4) is 0 Å². The highest BCUT2D eigenvalue weighted by atomic mass is 16.5. The van der Waals surface area contributed by atoms with E-state index >= 15 is 0 Å². The van der Waals surface area contributed by atoms with Crippen molar-refractivity contribution in [2.24, 2.45) is 0 Å². The summed E-state index contributed by atoms with van der Waals surface area (Å²) in [5.41, 5.74) is 1.19. The second-order valence-electron chi connectivity index (χ2n) is 6.62. The molecule has 1 aromatic heterocycles. The number of imidazole rings is 1. The standard InChI is InChI=1S/C18H30N4O3/c1-14-12-20-16(10-11-19-18(24)21-13-17(23)25-2)22(14)15-8-6-4-3-5-7-9-15/h12,15H,3-11,13H2,1-2H3,(H2,19,21,24). The number of aromatic nitrogens is 2. The third-order valence-electron chi connectivity index (χ3n) is 4.75. The van der Waals surface area contributed by atoms with Gasteiger partial charge in [-0.1, -0.05) is 32.1 Å².